The molecular formula is C16H17ClN6S. The van der Waals surface area contributed by atoms with Crippen molar-refractivity contribution in [1.29, 1.82) is 0 Å². The van der Waals surface area contributed by atoms with Gasteiger partial charge in [0.05, 0.1) is 10.7 Å². The quantitative estimate of drug-likeness (QED) is 0.285. The number of hydrogen-bond acceptors (Lipinski definition) is 4. The van der Waals surface area contributed by atoms with Crippen molar-refractivity contribution in [1.82, 2.24) is 0 Å². The number of nitrogens with two attached hydrogens (primary N) is 1. The second-order valence-corrected chi connectivity index (χ2v) is 5.83. The summed E-state index contributed by atoms with van der Waals surface area (Å²) in [4.78, 5) is 2.00. The monoisotopic (exact) mass is 360 g/mol. The van der Waals surface area contributed by atoms with E-state index in [0.29, 0.717) is 16.5 Å². The number of amidine groups is 1. The summed E-state index contributed by atoms with van der Waals surface area (Å²) in [5.41, 5.74) is 10.7. The molecule has 0 bridgehead atoms. The molecule has 0 aliphatic carbocycles. The number of anilines is 2. The van der Waals surface area contributed by atoms with Gasteiger partial charge in [-0.3, -0.25) is 5.43 Å². The van der Waals surface area contributed by atoms with E-state index in [-0.39, 0.29) is 5.11 Å². The third-order valence-electron chi connectivity index (χ3n) is 3.04. The second kappa shape index (κ2) is 8.37. The smallest absolute Gasteiger partial charge is 0.211 e. The van der Waals surface area contributed by atoms with Gasteiger partial charge in [0, 0.05) is 25.3 Å². The van der Waals surface area contributed by atoms with Crippen LogP contribution < -0.4 is 16.1 Å². The minimum Gasteiger partial charge on any atom is -0.378 e. The third kappa shape index (κ3) is 5.00. The van der Waals surface area contributed by atoms with E-state index in [9.17, 15) is 0 Å². The zero-order chi connectivity index (χ0) is 17.5. The molecule has 24 heavy (non-hydrogen) atoms. The Morgan fingerprint density at radius 3 is 2.33 bits per heavy atom. The van der Waals surface area contributed by atoms with Crippen LogP contribution in [0.25, 0.3) is 0 Å². The third-order valence-corrected chi connectivity index (χ3v) is 3.45. The van der Waals surface area contributed by atoms with E-state index >= 15 is 0 Å². The highest BCUT2D eigenvalue weighted by Gasteiger charge is 2.05. The molecule has 0 heterocycles. The highest BCUT2D eigenvalue weighted by molar-refractivity contribution is 7.80. The van der Waals surface area contributed by atoms with Crippen LogP contribution in [0.5, 0.6) is 0 Å². The first-order chi connectivity index (χ1) is 11.5. The molecular weight excluding hydrogens is 344 g/mol. The molecule has 0 aromatic heterocycles. The van der Waals surface area contributed by atoms with Crippen molar-refractivity contribution in [3.8, 4) is 0 Å². The van der Waals surface area contributed by atoms with Crippen molar-refractivity contribution in [2.45, 2.75) is 0 Å². The molecule has 0 aliphatic heterocycles. The van der Waals surface area contributed by atoms with Gasteiger partial charge in [-0.1, -0.05) is 23.7 Å². The molecule has 2 rings (SSSR count). The Labute approximate surface area is 151 Å². The molecule has 2 aromatic carbocycles. The van der Waals surface area contributed by atoms with Crippen LogP contribution in [-0.2, 0) is 0 Å². The van der Waals surface area contributed by atoms with Gasteiger partial charge in [-0.2, -0.15) is 5.10 Å². The topological polar surface area (TPSA) is 78.4 Å². The van der Waals surface area contributed by atoms with Gasteiger partial charge < -0.3 is 10.6 Å². The highest BCUT2D eigenvalue weighted by atomic mass is 35.5. The summed E-state index contributed by atoms with van der Waals surface area (Å²) in [5, 5.41) is 12.5. The largest absolute Gasteiger partial charge is 0.378 e. The molecule has 0 spiro atoms. The van der Waals surface area contributed by atoms with Crippen LogP contribution in [0.15, 0.2) is 63.9 Å². The number of nitrogens with one attached hydrogen (secondary N) is 1. The summed E-state index contributed by atoms with van der Waals surface area (Å²) in [5.74, 6) is 0.341. The number of rotatable bonds is 4. The summed E-state index contributed by atoms with van der Waals surface area (Å²) in [6, 6.07) is 15.0. The van der Waals surface area contributed by atoms with Gasteiger partial charge in [-0.05, 0) is 48.6 Å². The predicted molar refractivity (Wildman–Crippen MR) is 104 cm³/mol. The number of hydrazone groups is 1. The second-order valence-electron chi connectivity index (χ2n) is 5.01. The maximum absolute atomic E-state index is 6.10. The number of halogens is 1. The van der Waals surface area contributed by atoms with Crippen molar-refractivity contribution >= 4 is 46.1 Å². The first-order valence-electron chi connectivity index (χ1n) is 7.04. The molecule has 8 heteroatoms. The van der Waals surface area contributed by atoms with E-state index in [1.54, 1.807) is 6.07 Å². The Balaban J connectivity index is 2.32. The van der Waals surface area contributed by atoms with E-state index in [2.05, 4.69) is 20.8 Å². The number of benzene rings is 2. The van der Waals surface area contributed by atoms with Crippen LogP contribution in [0.1, 0.15) is 5.56 Å². The minimum atomic E-state index is -0.0645. The average molecular weight is 361 g/mol. The summed E-state index contributed by atoms with van der Waals surface area (Å²) in [7, 11) is 3.94. The Morgan fingerprint density at radius 2 is 1.75 bits per heavy atom. The van der Waals surface area contributed by atoms with Crippen LogP contribution in [0, 0.1) is 0 Å². The highest BCUT2D eigenvalue weighted by Crippen LogP contribution is 2.21. The normalized spacial score (nSPS) is 11.5. The Morgan fingerprint density at radius 1 is 1.08 bits per heavy atom. The Bertz CT molecular complexity index is 770. The van der Waals surface area contributed by atoms with Gasteiger partial charge >= 0.3 is 0 Å². The lowest BCUT2D eigenvalue weighted by atomic mass is 10.2. The van der Waals surface area contributed by atoms with E-state index in [1.165, 1.54) is 0 Å². The van der Waals surface area contributed by atoms with E-state index in [0.717, 1.165) is 11.3 Å². The van der Waals surface area contributed by atoms with Crippen molar-refractivity contribution < 1.29 is 0 Å². The summed E-state index contributed by atoms with van der Waals surface area (Å²) < 4.78 is 0. The summed E-state index contributed by atoms with van der Waals surface area (Å²) >= 11 is 10.8. The molecule has 3 N–H and O–H groups in total. The fourth-order valence-corrected chi connectivity index (χ4v) is 2.03. The number of azo groups is 1. The molecule has 0 radical (unpaired) electrons. The molecule has 0 amide bonds. The van der Waals surface area contributed by atoms with Crippen LogP contribution in [-0.4, -0.2) is 25.0 Å². The molecule has 0 unspecified atom stereocenters. The zero-order valence-corrected chi connectivity index (χ0v) is 14.8. The number of para-hydroxylation sites is 1. The lowest BCUT2D eigenvalue weighted by Crippen LogP contribution is -2.09. The van der Waals surface area contributed by atoms with Gasteiger partial charge in [-0.25, -0.2) is 0 Å². The SMILES string of the molecule is CN(C)c1ccc(/C(N=NC(N)=S)=N\Nc2ccccc2Cl)cc1. The average Bonchev–Trinajstić information content (AvgIpc) is 2.56. The summed E-state index contributed by atoms with van der Waals surface area (Å²) in [6.45, 7) is 0. The standard InChI is InChI=1S/C16H17ClN6S/c1-23(2)12-9-7-11(8-10-12)15(21-22-16(18)24)20-19-14-6-4-3-5-13(14)17/h3-10,19H,1-2H3,(H2,18,24)/b20-15+,22-21?. The molecule has 0 aliphatic rings. The molecule has 0 atom stereocenters. The predicted octanol–water partition coefficient (Wildman–Crippen LogP) is 3.88. The maximum Gasteiger partial charge on any atom is 0.211 e. The zero-order valence-electron chi connectivity index (χ0n) is 13.3. The van der Waals surface area contributed by atoms with Crippen LogP contribution in [0.4, 0.5) is 11.4 Å². The first-order valence-corrected chi connectivity index (χ1v) is 7.83. The lowest BCUT2D eigenvalue weighted by Gasteiger charge is -2.12. The number of hydrogen-bond donors (Lipinski definition) is 2. The fourth-order valence-electron chi connectivity index (χ4n) is 1.81. The Hall–Kier alpha value is -2.51. The molecule has 2 aromatic rings. The number of thiocarbonyl (C=S) groups is 1. The number of nitrogens with zero attached hydrogens (tertiary/aromatic N) is 4. The molecule has 0 fully saturated rings. The Kier molecular flexibility index (Phi) is 6.22. The molecule has 124 valence electrons. The first kappa shape index (κ1) is 17.8. The van der Waals surface area contributed by atoms with Gasteiger partial charge in [0.25, 0.3) is 0 Å². The van der Waals surface area contributed by atoms with Crippen molar-refractivity contribution in [3.05, 3.63) is 59.1 Å². The van der Waals surface area contributed by atoms with E-state index in [4.69, 9.17) is 29.6 Å². The molecule has 0 saturated heterocycles. The van der Waals surface area contributed by atoms with Crippen molar-refractivity contribution in [3.63, 3.8) is 0 Å². The lowest BCUT2D eigenvalue weighted by molar-refractivity contribution is 1.13. The van der Waals surface area contributed by atoms with Gasteiger partial charge in [0.1, 0.15) is 0 Å². The fraction of sp³-hybridized carbons (Fsp3) is 0.125. The minimum absolute atomic E-state index is 0.0645. The van der Waals surface area contributed by atoms with Crippen molar-refractivity contribution in [2.24, 2.45) is 21.1 Å². The summed E-state index contributed by atoms with van der Waals surface area (Å²) in [6.07, 6.45) is 0. The van der Waals surface area contributed by atoms with E-state index in [1.807, 2.05) is 61.5 Å². The van der Waals surface area contributed by atoms with Crippen LogP contribution in [0.3, 0.4) is 0 Å². The van der Waals surface area contributed by atoms with Crippen LogP contribution in [0.2, 0.25) is 5.02 Å². The van der Waals surface area contributed by atoms with Gasteiger partial charge in [0.15, 0.2) is 0 Å². The molecule has 0 saturated carbocycles. The van der Waals surface area contributed by atoms with Crippen LogP contribution >= 0.6 is 23.8 Å². The van der Waals surface area contributed by atoms with Gasteiger partial charge in [-0.15, -0.1) is 10.2 Å². The van der Waals surface area contributed by atoms with E-state index < -0.39 is 0 Å². The maximum atomic E-state index is 6.10. The molecule has 6 nitrogen and oxygen atoms in total. The van der Waals surface area contributed by atoms with Gasteiger partial charge in [0.2, 0.25) is 10.9 Å². The van der Waals surface area contributed by atoms with Crippen molar-refractivity contribution in [2.75, 3.05) is 24.4 Å².